The van der Waals surface area contributed by atoms with Crippen molar-refractivity contribution in [3.63, 3.8) is 0 Å². The zero-order valence-electron chi connectivity index (χ0n) is 14.3. The molecule has 1 N–H and O–H groups in total. The van der Waals surface area contributed by atoms with Gasteiger partial charge in [0.25, 0.3) is 0 Å². The van der Waals surface area contributed by atoms with Crippen LogP contribution in [0.4, 0.5) is 31.9 Å². The molecule has 26 heavy (non-hydrogen) atoms. The average molecular weight is 352 g/mol. The highest BCUT2D eigenvalue weighted by Crippen LogP contribution is 2.33. The molecule has 0 fully saturated rings. The molecule has 1 aromatic heterocycles. The number of halogens is 2. The zero-order chi connectivity index (χ0) is 18.1. The molecule has 0 atom stereocenters. The molecule has 0 saturated carbocycles. The summed E-state index contributed by atoms with van der Waals surface area (Å²) in [5.74, 6) is -0.257. The van der Waals surface area contributed by atoms with Crippen LogP contribution in [0, 0.1) is 18.6 Å². The van der Waals surface area contributed by atoms with Crippen LogP contribution in [0.5, 0.6) is 0 Å². The van der Waals surface area contributed by atoms with Gasteiger partial charge < -0.3 is 10.2 Å². The first-order valence-electron chi connectivity index (χ1n) is 8.53. The van der Waals surface area contributed by atoms with E-state index in [9.17, 15) is 8.78 Å². The Bertz CT molecular complexity index is 958. The van der Waals surface area contributed by atoms with E-state index in [0.29, 0.717) is 0 Å². The zero-order valence-corrected chi connectivity index (χ0v) is 14.3. The van der Waals surface area contributed by atoms with Gasteiger partial charge in [0.05, 0.1) is 5.69 Å². The largest absolute Gasteiger partial charge is 0.326 e. The minimum Gasteiger partial charge on any atom is -0.326 e. The molecule has 0 bridgehead atoms. The van der Waals surface area contributed by atoms with Crippen molar-refractivity contribution in [3.8, 4) is 0 Å². The number of benzene rings is 2. The summed E-state index contributed by atoms with van der Waals surface area (Å²) in [7, 11) is 0. The van der Waals surface area contributed by atoms with E-state index in [1.807, 2.05) is 25.1 Å². The Balaban J connectivity index is 1.69. The van der Waals surface area contributed by atoms with Crippen molar-refractivity contribution in [2.75, 3.05) is 16.8 Å². The van der Waals surface area contributed by atoms with Crippen LogP contribution in [-0.4, -0.2) is 16.5 Å². The fourth-order valence-corrected chi connectivity index (χ4v) is 3.23. The lowest BCUT2D eigenvalue weighted by Gasteiger charge is -2.30. The van der Waals surface area contributed by atoms with Crippen molar-refractivity contribution in [1.82, 2.24) is 9.97 Å². The van der Waals surface area contributed by atoms with Crippen LogP contribution in [-0.2, 0) is 6.42 Å². The maximum absolute atomic E-state index is 13.9. The van der Waals surface area contributed by atoms with E-state index in [-0.39, 0.29) is 11.6 Å². The molecule has 0 radical (unpaired) electrons. The number of nitrogens with zero attached hydrogens (tertiary/aromatic N) is 3. The van der Waals surface area contributed by atoms with E-state index in [2.05, 4.69) is 32.3 Å². The van der Waals surface area contributed by atoms with Gasteiger partial charge in [-0.25, -0.2) is 13.8 Å². The van der Waals surface area contributed by atoms with E-state index in [1.165, 1.54) is 17.7 Å². The molecule has 1 aliphatic rings. The number of hydrogen-bond donors (Lipinski definition) is 1. The molecule has 0 saturated heterocycles. The molecule has 0 unspecified atom stereocenters. The molecule has 0 spiro atoms. The Morgan fingerprint density at radius 1 is 1.04 bits per heavy atom. The number of fused-ring (bicyclic) bond motifs is 1. The standard InChI is InChI=1S/C20H18F2N4/c1-13-11-19(26-10-4-6-14-5-2-3-7-18(14)26)25-20(23-13)24-17-9-8-15(21)12-16(17)22/h2-3,5,7-9,11-12H,4,6,10H2,1H3,(H,23,24,25). The number of aryl methyl sites for hydroxylation is 2. The van der Waals surface area contributed by atoms with Crippen LogP contribution in [0.3, 0.4) is 0 Å². The lowest BCUT2D eigenvalue weighted by atomic mass is 10.0. The van der Waals surface area contributed by atoms with E-state index in [1.54, 1.807) is 0 Å². The van der Waals surface area contributed by atoms with Crippen molar-refractivity contribution in [2.45, 2.75) is 19.8 Å². The SMILES string of the molecule is Cc1cc(N2CCCc3ccccc32)nc(Nc2ccc(F)cc2F)n1. The molecule has 3 aromatic rings. The third-order valence-electron chi connectivity index (χ3n) is 4.41. The Morgan fingerprint density at radius 3 is 2.73 bits per heavy atom. The summed E-state index contributed by atoms with van der Waals surface area (Å²) < 4.78 is 27.0. The second-order valence-electron chi connectivity index (χ2n) is 6.32. The van der Waals surface area contributed by atoms with Gasteiger partial charge in [0.15, 0.2) is 0 Å². The van der Waals surface area contributed by atoms with Gasteiger partial charge in [-0.1, -0.05) is 18.2 Å². The Morgan fingerprint density at radius 2 is 1.88 bits per heavy atom. The van der Waals surface area contributed by atoms with Crippen molar-refractivity contribution in [3.05, 3.63) is 71.4 Å². The molecule has 1 aliphatic heterocycles. The first-order chi connectivity index (χ1) is 12.6. The van der Waals surface area contributed by atoms with Crippen molar-refractivity contribution >= 4 is 23.1 Å². The fraction of sp³-hybridized carbons (Fsp3) is 0.200. The number of anilines is 4. The van der Waals surface area contributed by atoms with Gasteiger partial charge in [0, 0.05) is 30.1 Å². The molecule has 4 nitrogen and oxygen atoms in total. The Kier molecular flexibility index (Phi) is 4.24. The van der Waals surface area contributed by atoms with Gasteiger partial charge in [-0.05, 0) is 43.5 Å². The minimum absolute atomic E-state index is 0.141. The third kappa shape index (κ3) is 3.22. The van der Waals surface area contributed by atoms with Crippen LogP contribution in [0.25, 0.3) is 0 Å². The van der Waals surface area contributed by atoms with E-state index in [0.717, 1.165) is 42.7 Å². The van der Waals surface area contributed by atoms with Crippen molar-refractivity contribution in [2.24, 2.45) is 0 Å². The number of aromatic nitrogens is 2. The topological polar surface area (TPSA) is 41.1 Å². The second-order valence-corrected chi connectivity index (χ2v) is 6.32. The maximum Gasteiger partial charge on any atom is 0.229 e. The highest BCUT2D eigenvalue weighted by Gasteiger charge is 2.20. The van der Waals surface area contributed by atoms with Crippen LogP contribution in [0.15, 0.2) is 48.5 Å². The highest BCUT2D eigenvalue weighted by molar-refractivity contribution is 5.67. The molecule has 6 heteroatoms. The Hall–Kier alpha value is -3.02. The lowest BCUT2D eigenvalue weighted by molar-refractivity contribution is 0.586. The van der Waals surface area contributed by atoms with Gasteiger partial charge in [-0.15, -0.1) is 0 Å². The lowest BCUT2D eigenvalue weighted by Crippen LogP contribution is -2.25. The molecular formula is C20H18F2N4. The summed E-state index contributed by atoms with van der Waals surface area (Å²) >= 11 is 0. The number of para-hydroxylation sites is 1. The van der Waals surface area contributed by atoms with Crippen molar-refractivity contribution < 1.29 is 8.78 Å². The summed E-state index contributed by atoms with van der Waals surface area (Å²) in [6.07, 6.45) is 2.08. The quantitative estimate of drug-likeness (QED) is 0.729. The molecule has 2 aromatic carbocycles. The van der Waals surface area contributed by atoms with Crippen LogP contribution < -0.4 is 10.2 Å². The number of rotatable bonds is 3. The van der Waals surface area contributed by atoms with Crippen molar-refractivity contribution in [1.29, 1.82) is 0 Å². The van der Waals surface area contributed by atoms with Crippen LogP contribution >= 0.6 is 0 Å². The molecule has 132 valence electrons. The van der Waals surface area contributed by atoms with E-state index in [4.69, 9.17) is 0 Å². The summed E-state index contributed by atoms with van der Waals surface area (Å²) in [6.45, 7) is 2.73. The molecule has 4 rings (SSSR count). The van der Waals surface area contributed by atoms with Gasteiger partial charge in [0.1, 0.15) is 17.5 Å². The smallest absolute Gasteiger partial charge is 0.229 e. The molecule has 0 amide bonds. The van der Waals surface area contributed by atoms with Gasteiger partial charge in [-0.3, -0.25) is 0 Å². The van der Waals surface area contributed by atoms with Gasteiger partial charge in [-0.2, -0.15) is 4.98 Å². The number of nitrogens with one attached hydrogen (secondary N) is 1. The monoisotopic (exact) mass is 352 g/mol. The van der Waals surface area contributed by atoms with E-state index >= 15 is 0 Å². The van der Waals surface area contributed by atoms with E-state index < -0.39 is 11.6 Å². The number of hydrogen-bond acceptors (Lipinski definition) is 4. The Labute approximate surface area is 150 Å². The summed E-state index contributed by atoms with van der Waals surface area (Å²) in [4.78, 5) is 11.0. The normalized spacial score (nSPS) is 13.4. The second kappa shape index (κ2) is 6.71. The predicted molar refractivity (Wildman–Crippen MR) is 98.2 cm³/mol. The van der Waals surface area contributed by atoms with Gasteiger partial charge >= 0.3 is 0 Å². The maximum atomic E-state index is 13.9. The van der Waals surface area contributed by atoms with Gasteiger partial charge in [0.2, 0.25) is 5.95 Å². The molecule has 2 heterocycles. The summed E-state index contributed by atoms with van der Waals surface area (Å²) in [5.41, 5.74) is 3.33. The van der Waals surface area contributed by atoms with Crippen LogP contribution in [0.1, 0.15) is 17.7 Å². The predicted octanol–water partition coefficient (Wildman–Crippen LogP) is 4.89. The average Bonchev–Trinajstić information content (AvgIpc) is 2.63. The third-order valence-corrected chi connectivity index (χ3v) is 4.41. The summed E-state index contributed by atoms with van der Waals surface area (Å²) in [6, 6.07) is 13.5. The first-order valence-corrected chi connectivity index (χ1v) is 8.53. The van der Waals surface area contributed by atoms with Crippen LogP contribution in [0.2, 0.25) is 0 Å². The molecular weight excluding hydrogens is 334 g/mol. The first kappa shape index (κ1) is 16.4. The summed E-state index contributed by atoms with van der Waals surface area (Å²) in [5, 5.41) is 2.85. The molecule has 0 aliphatic carbocycles. The fourth-order valence-electron chi connectivity index (χ4n) is 3.23. The minimum atomic E-state index is -0.681. The highest BCUT2D eigenvalue weighted by atomic mass is 19.1.